The Balaban J connectivity index is 1.88. The molecule has 23 heavy (non-hydrogen) atoms. The van der Waals surface area contributed by atoms with Crippen molar-refractivity contribution in [2.75, 3.05) is 18.4 Å². The molecule has 0 radical (unpaired) electrons. The van der Waals surface area contributed by atoms with Gasteiger partial charge in [0.15, 0.2) is 0 Å². The van der Waals surface area contributed by atoms with Crippen molar-refractivity contribution in [2.45, 2.75) is 18.9 Å². The summed E-state index contributed by atoms with van der Waals surface area (Å²) in [6.07, 6.45) is 7.63. The minimum absolute atomic E-state index is 0.125. The Kier molecular flexibility index (Phi) is 4.63. The second-order valence-electron chi connectivity index (χ2n) is 5.75. The van der Waals surface area contributed by atoms with Crippen LogP contribution in [0.4, 0.5) is 5.69 Å². The average molecular weight is 304 g/mol. The Labute approximate surface area is 137 Å². The summed E-state index contributed by atoms with van der Waals surface area (Å²) in [6.45, 7) is 1.68. The Bertz CT molecular complexity index is 712. The molecule has 2 aromatic rings. The topological polar surface area (TPSA) is 32.3 Å². The van der Waals surface area contributed by atoms with E-state index in [0.717, 1.165) is 42.7 Å². The monoisotopic (exact) mass is 304 g/mol. The van der Waals surface area contributed by atoms with Gasteiger partial charge in [0.1, 0.15) is 6.04 Å². The second-order valence-corrected chi connectivity index (χ2v) is 5.75. The molecule has 1 aliphatic rings. The number of rotatable bonds is 4. The van der Waals surface area contributed by atoms with Gasteiger partial charge in [-0.3, -0.25) is 4.79 Å². The third kappa shape index (κ3) is 3.54. The van der Waals surface area contributed by atoms with Gasteiger partial charge in [-0.05, 0) is 36.6 Å². The van der Waals surface area contributed by atoms with Crippen LogP contribution in [0.2, 0.25) is 0 Å². The van der Waals surface area contributed by atoms with Crippen molar-refractivity contribution in [1.82, 2.24) is 4.90 Å². The van der Waals surface area contributed by atoms with Crippen LogP contribution >= 0.6 is 0 Å². The van der Waals surface area contributed by atoms with Crippen LogP contribution in [0.5, 0.6) is 0 Å². The Morgan fingerprint density at radius 1 is 1.09 bits per heavy atom. The highest BCUT2D eigenvalue weighted by Crippen LogP contribution is 2.24. The van der Waals surface area contributed by atoms with E-state index in [4.69, 9.17) is 6.42 Å². The fraction of sp³-hybridized carbons (Fsp3) is 0.250. The van der Waals surface area contributed by atoms with Gasteiger partial charge >= 0.3 is 0 Å². The van der Waals surface area contributed by atoms with Crippen molar-refractivity contribution in [3.8, 4) is 12.3 Å². The molecule has 116 valence electrons. The molecule has 2 aromatic carbocycles. The van der Waals surface area contributed by atoms with Gasteiger partial charge < -0.3 is 10.2 Å². The Hall–Kier alpha value is -2.73. The van der Waals surface area contributed by atoms with Crippen LogP contribution in [0.15, 0.2) is 54.6 Å². The van der Waals surface area contributed by atoms with Crippen LogP contribution in [0.1, 0.15) is 30.0 Å². The number of amides is 1. The van der Waals surface area contributed by atoms with Gasteiger partial charge in [0, 0.05) is 24.3 Å². The quantitative estimate of drug-likeness (QED) is 0.878. The summed E-state index contributed by atoms with van der Waals surface area (Å²) in [4.78, 5) is 14.9. The first-order valence-corrected chi connectivity index (χ1v) is 7.95. The first kappa shape index (κ1) is 15.2. The first-order valence-electron chi connectivity index (χ1n) is 7.95. The van der Waals surface area contributed by atoms with E-state index >= 15 is 0 Å². The highest BCUT2D eigenvalue weighted by molar-refractivity contribution is 5.86. The smallest absolute Gasteiger partial charge is 0.249 e. The van der Waals surface area contributed by atoms with Crippen molar-refractivity contribution in [3.05, 3.63) is 65.7 Å². The number of anilines is 1. The molecular formula is C20H20N2O. The molecule has 0 spiro atoms. The zero-order valence-electron chi connectivity index (χ0n) is 13.0. The third-order valence-corrected chi connectivity index (χ3v) is 4.14. The first-order chi connectivity index (χ1) is 11.3. The average Bonchev–Trinajstić information content (AvgIpc) is 3.15. The Morgan fingerprint density at radius 3 is 2.52 bits per heavy atom. The van der Waals surface area contributed by atoms with E-state index in [2.05, 4.69) is 11.2 Å². The molecule has 1 atom stereocenters. The molecule has 1 amide bonds. The summed E-state index contributed by atoms with van der Waals surface area (Å²) in [6, 6.07) is 17.1. The van der Waals surface area contributed by atoms with E-state index in [1.165, 1.54) is 0 Å². The maximum atomic E-state index is 12.9. The zero-order chi connectivity index (χ0) is 16.1. The SMILES string of the molecule is C#Cc1cccc(N[C@H](C(=O)N2CCCC2)c2ccccc2)c1. The van der Waals surface area contributed by atoms with Gasteiger partial charge in [-0.25, -0.2) is 0 Å². The standard InChI is InChI=1S/C20H20N2O/c1-2-16-9-8-12-18(15-16)21-19(17-10-4-3-5-11-17)20(23)22-13-6-7-14-22/h1,3-5,8-12,15,19,21H,6-7,13-14H2/t19-/m0/s1. The maximum absolute atomic E-state index is 12.9. The predicted octanol–water partition coefficient (Wildman–Crippen LogP) is 3.44. The number of terminal acetylenes is 1. The molecule has 0 unspecified atom stereocenters. The lowest BCUT2D eigenvalue weighted by Gasteiger charge is -2.25. The summed E-state index contributed by atoms with van der Waals surface area (Å²) >= 11 is 0. The lowest BCUT2D eigenvalue weighted by atomic mass is 10.0. The second kappa shape index (κ2) is 7.02. The molecule has 1 heterocycles. The fourth-order valence-corrected chi connectivity index (χ4v) is 2.92. The van der Waals surface area contributed by atoms with E-state index in [1.807, 2.05) is 59.5 Å². The van der Waals surface area contributed by atoms with Crippen molar-refractivity contribution in [3.63, 3.8) is 0 Å². The molecule has 0 saturated carbocycles. The molecule has 1 N–H and O–H groups in total. The maximum Gasteiger partial charge on any atom is 0.249 e. The van der Waals surface area contributed by atoms with Crippen molar-refractivity contribution in [2.24, 2.45) is 0 Å². The molecule has 3 nitrogen and oxygen atoms in total. The third-order valence-electron chi connectivity index (χ3n) is 4.14. The normalized spacial score (nSPS) is 15.0. The zero-order valence-corrected chi connectivity index (χ0v) is 13.0. The van der Waals surface area contributed by atoms with E-state index in [1.54, 1.807) is 0 Å². The van der Waals surface area contributed by atoms with Gasteiger partial charge in [0.2, 0.25) is 5.91 Å². The molecule has 3 rings (SSSR count). The fourth-order valence-electron chi connectivity index (χ4n) is 2.92. The number of carbonyl (C=O) groups excluding carboxylic acids is 1. The molecule has 1 saturated heterocycles. The van der Waals surface area contributed by atoms with E-state index in [9.17, 15) is 4.79 Å². The summed E-state index contributed by atoms with van der Waals surface area (Å²) in [5.41, 5.74) is 2.63. The lowest BCUT2D eigenvalue weighted by Crippen LogP contribution is -2.36. The molecule has 0 aromatic heterocycles. The molecule has 0 bridgehead atoms. The number of nitrogens with one attached hydrogen (secondary N) is 1. The predicted molar refractivity (Wildman–Crippen MR) is 93.0 cm³/mol. The van der Waals surface area contributed by atoms with Crippen LogP contribution in [0.3, 0.4) is 0 Å². The summed E-state index contributed by atoms with van der Waals surface area (Å²) in [5, 5.41) is 3.36. The molecular weight excluding hydrogens is 284 g/mol. The lowest BCUT2D eigenvalue weighted by molar-refractivity contribution is -0.131. The van der Waals surface area contributed by atoms with E-state index in [0.29, 0.717) is 0 Å². The van der Waals surface area contributed by atoms with Crippen molar-refractivity contribution in [1.29, 1.82) is 0 Å². The number of hydrogen-bond acceptors (Lipinski definition) is 2. The highest BCUT2D eigenvalue weighted by atomic mass is 16.2. The van der Waals surface area contributed by atoms with Crippen LogP contribution in [-0.2, 0) is 4.79 Å². The summed E-state index contributed by atoms with van der Waals surface area (Å²) in [5.74, 6) is 2.75. The molecule has 0 aliphatic carbocycles. The number of benzene rings is 2. The molecule has 1 aliphatic heterocycles. The van der Waals surface area contributed by atoms with Gasteiger partial charge in [-0.15, -0.1) is 6.42 Å². The van der Waals surface area contributed by atoms with Crippen LogP contribution in [0.25, 0.3) is 0 Å². The highest BCUT2D eigenvalue weighted by Gasteiger charge is 2.27. The van der Waals surface area contributed by atoms with Crippen molar-refractivity contribution >= 4 is 11.6 Å². The van der Waals surface area contributed by atoms with Gasteiger partial charge in [-0.2, -0.15) is 0 Å². The number of likely N-dealkylation sites (tertiary alicyclic amines) is 1. The summed E-state index contributed by atoms with van der Waals surface area (Å²) in [7, 11) is 0. The van der Waals surface area contributed by atoms with Crippen LogP contribution in [-0.4, -0.2) is 23.9 Å². The molecule has 1 fully saturated rings. The number of nitrogens with zero attached hydrogens (tertiary/aromatic N) is 1. The number of carbonyl (C=O) groups is 1. The van der Waals surface area contributed by atoms with Crippen LogP contribution in [0, 0.1) is 12.3 Å². The van der Waals surface area contributed by atoms with Gasteiger partial charge in [0.05, 0.1) is 0 Å². The largest absolute Gasteiger partial charge is 0.370 e. The molecule has 3 heteroatoms. The van der Waals surface area contributed by atoms with Gasteiger partial charge in [0.25, 0.3) is 0 Å². The minimum atomic E-state index is -0.387. The van der Waals surface area contributed by atoms with Crippen LogP contribution < -0.4 is 5.32 Å². The number of hydrogen-bond donors (Lipinski definition) is 1. The minimum Gasteiger partial charge on any atom is -0.370 e. The Morgan fingerprint density at radius 2 is 1.83 bits per heavy atom. The van der Waals surface area contributed by atoms with Crippen molar-refractivity contribution < 1.29 is 4.79 Å². The summed E-state index contributed by atoms with van der Waals surface area (Å²) < 4.78 is 0. The van der Waals surface area contributed by atoms with E-state index in [-0.39, 0.29) is 11.9 Å². The van der Waals surface area contributed by atoms with Gasteiger partial charge in [-0.1, -0.05) is 42.3 Å². The van der Waals surface area contributed by atoms with E-state index < -0.39 is 0 Å².